The second-order valence-electron chi connectivity index (χ2n) is 20.2. The van der Waals surface area contributed by atoms with E-state index < -0.39 is 274 Å². The molecule has 0 aliphatic carbocycles. The van der Waals surface area contributed by atoms with Crippen LogP contribution in [-0.4, -0.2) is 330 Å². The van der Waals surface area contributed by atoms with Crippen molar-refractivity contribution >= 4 is 83.9 Å². The quantitative estimate of drug-likeness (QED) is 0.0323. The topological polar surface area (TPSA) is 674 Å². The fraction of sp³-hybridized carbons (Fsp3) is 0.951. The van der Waals surface area contributed by atoms with E-state index in [0.29, 0.717) is 21.3 Å². The second-order valence-corrected chi connectivity index (χ2v) is 28.8. The molecule has 62 heteroatoms. The molecule has 0 bridgehead atoms. The summed E-state index contributed by atoms with van der Waals surface area (Å²) in [5, 5.41) is 26.3. The fourth-order valence-electron chi connectivity index (χ4n) is 10.8. The molecule has 25 atom stereocenters. The van der Waals surface area contributed by atoms with Crippen LogP contribution >= 0.6 is 0 Å². The van der Waals surface area contributed by atoms with Gasteiger partial charge in [0.25, 0.3) is 0 Å². The smallest absolute Gasteiger partial charge is 0.748 e. The number of methoxy groups -OCH3 is 8. The molecule has 5 aliphatic rings. The molecule has 0 spiro atoms. The Morgan fingerprint density at radius 2 is 0.485 bits per heavy atom. The van der Waals surface area contributed by atoms with E-state index >= 15 is 0 Å². The second kappa shape index (κ2) is 51.2. The number of rotatable bonds is 35. The zero-order chi connectivity index (χ0) is 71.2. The van der Waals surface area contributed by atoms with Crippen molar-refractivity contribution in [3.05, 3.63) is 0 Å². The summed E-state index contributed by atoms with van der Waals surface area (Å²) < 4.78 is 369. The van der Waals surface area contributed by atoms with Crippen molar-refractivity contribution in [2.75, 3.05) is 74.1 Å². The van der Waals surface area contributed by atoms with Gasteiger partial charge in [0.1, 0.15) is 91.6 Å². The summed E-state index contributed by atoms with van der Waals surface area (Å²) in [5.41, 5.74) is 0. The Morgan fingerprint density at radius 3 is 0.728 bits per heavy atom. The van der Waals surface area contributed by atoms with E-state index in [1.807, 2.05) is 0 Å². The first-order valence-corrected chi connectivity index (χ1v) is 36.2. The molecule has 0 aromatic rings. The van der Waals surface area contributed by atoms with E-state index in [1.165, 1.54) is 0 Å². The third kappa shape index (κ3) is 36.1. The molecule has 5 rings (SSSR count). The standard InChI is InChI=1S/C41H70O46S7.9Na/c1-67-18-15(9-12-88(46,47)48)76-38(30(71-5)21(18)68-2)80-24-22(69-3)31(72-6)40(82-28(24)35(42)43)79-20-17(11-14-90(52,53)54)77-41(34(87-94(64,65)66)27(20)85-92(58,59)60)81-25-23(70-4)32(73-7)39(83-29(25)36(44)45)78-19-16(10-13-89(49,50)51)75-37(74-8)33(86-93(61,62)63)26(19)84-91(55,56)57;;;;;;;;;/h15-34,37-41H,9-14H2,1-8H3,(H,42,43)(H,44,45)(H,46,47,48)(H,49,50,51)(H,52,53,54)(H,55,56,57)(H,58,59,60)(H,61,62,63)(H,64,65,66);;;;;;;;;/q;9*+1/p-9/t15-,16-,17-,18-,19-,20-,21+,22+,23+,24+,25+,26+,27+,28+,29-,30-,31-,32-,33-,34-,37+,38-,39-,40-,41-;;;;;;;;;/m1........./s1. The summed E-state index contributed by atoms with van der Waals surface area (Å²) in [6.07, 6.45) is -62.3. The van der Waals surface area contributed by atoms with E-state index in [-0.39, 0.29) is 266 Å². The Bertz CT molecular complexity index is 3380. The zero-order valence-electron chi connectivity index (χ0n) is 58.3. The number of carbonyl (C=O) groups excluding carboxylic acids is 2. The van der Waals surface area contributed by atoms with Gasteiger partial charge in [-0.25, -0.2) is 58.9 Å². The molecule has 5 saturated heterocycles. The van der Waals surface area contributed by atoms with E-state index in [0.717, 1.165) is 35.5 Å². The fourth-order valence-corrected chi connectivity index (χ4v) is 14.3. The maximum absolute atomic E-state index is 13.2. The molecule has 5 fully saturated rings. The van der Waals surface area contributed by atoms with Gasteiger partial charge in [-0.1, -0.05) is 0 Å². The van der Waals surface area contributed by atoms with Crippen LogP contribution in [0.3, 0.4) is 0 Å². The summed E-state index contributed by atoms with van der Waals surface area (Å²) in [6.45, 7) is 0. The third-order valence-corrected chi connectivity index (χ3v) is 18.4. The molecule has 0 radical (unpaired) electrons. The van der Waals surface area contributed by atoms with Gasteiger partial charge in [0.15, 0.2) is 43.7 Å². The molecule has 5 aliphatic heterocycles. The molecular formula is C41H61Na9O46S7. The predicted octanol–water partition coefficient (Wildman–Crippen LogP) is -38.4. The van der Waals surface area contributed by atoms with Crippen LogP contribution < -0.4 is 276 Å². The van der Waals surface area contributed by atoms with Crippen molar-refractivity contribution in [2.24, 2.45) is 0 Å². The molecule has 0 amide bonds. The third-order valence-electron chi connectivity index (χ3n) is 14.4. The van der Waals surface area contributed by atoms with Gasteiger partial charge in [-0.3, -0.25) is 16.7 Å². The van der Waals surface area contributed by atoms with Gasteiger partial charge in [-0.05, 0) is 19.3 Å². The summed E-state index contributed by atoms with van der Waals surface area (Å²) in [5.74, 6) is -8.99. The van der Waals surface area contributed by atoms with Crippen molar-refractivity contribution < 1.29 is 474 Å². The summed E-state index contributed by atoms with van der Waals surface area (Å²) in [7, 11) is -33.8. The van der Waals surface area contributed by atoms with Crippen LogP contribution in [0, 0.1) is 0 Å². The first-order valence-electron chi connectivity index (χ1n) is 26.2. The van der Waals surface area contributed by atoms with Gasteiger partial charge >= 0.3 is 266 Å². The number of hydrogen-bond acceptors (Lipinski definition) is 46. The minimum atomic E-state index is -6.46. The number of carboxylic acid groups (broad SMARTS) is 2. The van der Waals surface area contributed by atoms with Crippen molar-refractivity contribution in [3.63, 3.8) is 0 Å². The monoisotopic (exact) mass is 1720 g/mol. The number of aliphatic carboxylic acids is 2. The largest absolute Gasteiger partial charge is 1.00 e. The van der Waals surface area contributed by atoms with Crippen LogP contribution in [0.4, 0.5) is 0 Å². The van der Waals surface area contributed by atoms with E-state index in [2.05, 4.69) is 16.7 Å². The Morgan fingerprint density at radius 1 is 0.272 bits per heavy atom. The van der Waals surface area contributed by atoms with Crippen molar-refractivity contribution in [3.8, 4) is 0 Å². The van der Waals surface area contributed by atoms with E-state index in [1.54, 1.807) is 0 Å². The molecule has 0 N–H and O–H groups in total. The SMILES string of the molecule is CO[C@H]1O[C@H](CCS(=O)(=O)[O-])[C@@H](O[C@@H]2O[C@@H](C(=O)[O-])[C@@H](O[C@H]3O[C@H](CCS(=O)(=O)[O-])[C@@H](O[C@@H]4O[C@H](C(=O)[O-])[C@@H](O[C@H]5O[C@H](CCS(=O)(=O)[O-])[C@@H](OC)[C@H](OC)[C@H]5OC)[C@H](OC)[C@H]4OC)[C@H](OS(=O)(=O)[O-])[C@H]3OS(=O)(=O)[O-])[C@H](OC)[C@H]2OC)[C@H](OS(=O)(=O)[O-])[C@H]1OS(=O)(=O)[O-].[Na+].[Na+].[Na+].[Na+].[Na+].[Na+].[Na+].[Na+].[Na+]. The molecule has 0 saturated carbocycles. The van der Waals surface area contributed by atoms with Crippen LogP contribution in [0.15, 0.2) is 0 Å². The van der Waals surface area contributed by atoms with Gasteiger partial charge in [-0.15, -0.1) is 0 Å². The number of hydrogen-bond donors (Lipinski definition) is 0. The molecule has 0 unspecified atom stereocenters. The minimum absolute atomic E-state index is 0. The van der Waals surface area contributed by atoms with Gasteiger partial charge in [-0.2, -0.15) is 0 Å². The van der Waals surface area contributed by atoms with Crippen LogP contribution in [0.5, 0.6) is 0 Å². The number of ether oxygens (including phenoxy) is 17. The molecule has 46 nitrogen and oxygen atoms in total. The van der Waals surface area contributed by atoms with E-state index in [9.17, 15) is 111 Å². The first kappa shape index (κ1) is 118. The van der Waals surface area contributed by atoms with Crippen molar-refractivity contribution in [1.29, 1.82) is 0 Å². The molecule has 5 heterocycles. The van der Waals surface area contributed by atoms with Gasteiger partial charge in [0, 0.05) is 74.1 Å². The summed E-state index contributed by atoms with van der Waals surface area (Å²) in [4.78, 5) is 26.3. The zero-order valence-corrected chi connectivity index (χ0v) is 82.0. The number of carbonyl (C=O) groups is 2. The normalized spacial score (nSPS) is 34.3. The molecular weight excluding hydrogens is 1660 g/mol. The molecule has 103 heavy (non-hydrogen) atoms. The van der Waals surface area contributed by atoms with Crippen molar-refractivity contribution in [1.82, 2.24) is 0 Å². The first-order chi connectivity index (χ1) is 43.2. The Kier molecular flexibility index (Phi) is 58.6. The van der Waals surface area contributed by atoms with Crippen LogP contribution in [-0.2, 0) is 179 Å². The van der Waals surface area contributed by atoms with Crippen LogP contribution in [0.2, 0.25) is 0 Å². The number of carboxylic acids is 2. The van der Waals surface area contributed by atoms with E-state index in [4.69, 9.17) is 80.5 Å². The summed E-state index contributed by atoms with van der Waals surface area (Å²) in [6, 6.07) is 0. The van der Waals surface area contributed by atoms with Gasteiger partial charge in [0.05, 0.1) is 60.6 Å². The van der Waals surface area contributed by atoms with Gasteiger partial charge < -0.3 is 132 Å². The Labute approximate surface area is 792 Å². The average Bonchev–Trinajstić information content (AvgIpc) is 0.762. The maximum atomic E-state index is 13.2. The minimum Gasteiger partial charge on any atom is -0.748 e. The van der Waals surface area contributed by atoms with Crippen LogP contribution in [0.25, 0.3) is 0 Å². The Hall–Kier alpha value is 6.47. The van der Waals surface area contributed by atoms with Gasteiger partial charge in [0.2, 0.25) is 41.6 Å². The average molecular weight is 1720 g/mol. The van der Waals surface area contributed by atoms with Crippen LogP contribution in [0.1, 0.15) is 19.3 Å². The van der Waals surface area contributed by atoms with Crippen molar-refractivity contribution in [2.45, 2.75) is 173 Å². The Balaban J connectivity index is -0.00000356. The maximum Gasteiger partial charge on any atom is 1.00 e. The molecule has 0 aromatic heterocycles. The predicted molar refractivity (Wildman–Crippen MR) is 271 cm³/mol. The summed E-state index contributed by atoms with van der Waals surface area (Å²) >= 11 is 0. The molecule has 0 aromatic carbocycles. The molecule has 552 valence electrons.